The second-order valence-corrected chi connectivity index (χ2v) is 1.93. The number of carbonyl (C=O) groups excluding carboxylic acids is 1. The number of aliphatic hydroxyl groups excluding tert-OH is 1. The molecule has 11 heavy (non-hydrogen) atoms. The van der Waals surface area contributed by atoms with Crippen LogP contribution in [0.1, 0.15) is 13.8 Å². The predicted octanol–water partition coefficient (Wildman–Crippen LogP) is -0.0531. The van der Waals surface area contributed by atoms with E-state index < -0.39 is 12.1 Å². The van der Waals surface area contributed by atoms with Crippen LogP contribution in [0, 0.1) is 0 Å². The summed E-state index contributed by atoms with van der Waals surface area (Å²) in [5, 5.41) is 8.98. The van der Waals surface area contributed by atoms with Gasteiger partial charge in [0.15, 0.2) is 6.10 Å². The molecule has 0 heterocycles. The zero-order valence-electron chi connectivity index (χ0n) is 6.87. The summed E-state index contributed by atoms with van der Waals surface area (Å²) in [6.45, 7) is 4.25. The van der Waals surface area contributed by atoms with Crippen molar-refractivity contribution in [3.63, 3.8) is 0 Å². The minimum absolute atomic E-state index is 0.00926. The summed E-state index contributed by atoms with van der Waals surface area (Å²) in [7, 11) is 0. The molecule has 0 aliphatic carbocycles. The summed E-state index contributed by atoms with van der Waals surface area (Å²) in [5.41, 5.74) is 0. The number of ether oxygens (including phenoxy) is 2. The smallest absolute Gasteiger partial charge is 0.337 e. The van der Waals surface area contributed by atoms with Crippen LogP contribution < -0.4 is 0 Å². The normalized spacial score (nSPS) is 12.6. The van der Waals surface area contributed by atoms with E-state index in [4.69, 9.17) is 9.84 Å². The van der Waals surface area contributed by atoms with Gasteiger partial charge in [0, 0.05) is 6.61 Å². The fourth-order valence-electron chi connectivity index (χ4n) is 0.536. The molecule has 0 aromatic carbocycles. The lowest BCUT2D eigenvalue weighted by Crippen LogP contribution is -2.27. The molecule has 0 aliphatic rings. The first kappa shape index (κ1) is 10.4. The molecule has 0 spiro atoms. The van der Waals surface area contributed by atoms with E-state index in [9.17, 15) is 4.79 Å². The Balaban J connectivity index is 3.46. The van der Waals surface area contributed by atoms with Gasteiger partial charge in [0.1, 0.15) is 0 Å². The van der Waals surface area contributed by atoms with Crippen molar-refractivity contribution in [2.24, 2.45) is 0 Å². The molecule has 0 rings (SSSR count). The topological polar surface area (TPSA) is 55.8 Å². The first-order valence-electron chi connectivity index (χ1n) is 3.64. The van der Waals surface area contributed by atoms with Gasteiger partial charge in [-0.2, -0.15) is 0 Å². The molecule has 0 aliphatic heterocycles. The Hall–Kier alpha value is -0.610. The van der Waals surface area contributed by atoms with Crippen LogP contribution >= 0.6 is 0 Å². The first-order chi connectivity index (χ1) is 5.22. The highest BCUT2D eigenvalue weighted by Crippen LogP contribution is 1.89. The van der Waals surface area contributed by atoms with Crippen LogP contribution in [0.4, 0.5) is 0 Å². The average molecular weight is 162 g/mol. The van der Waals surface area contributed by atoms with E-state index in [1.54, 1.807) is 13.8 Å². The third kappa shape index (κ3) is 4.75. The van der Waals surface area contributed by atoms with Crippen molar-refractivity contribution in [2.45, 2.75) is 20.0 Å². The van der Waals surface area contributed by atoms with E-state index in [2.05, 4.69) is 4.74 Å². The van der Waals surface area contributed by atoms with Crippen LogP contribution in [0.2, 0.25) is 0 Å². The summed E-state index contributed by atoms with van der Waals surface area (Å²) in [6.07, 6.45) is -1.14. The van der Waals surface area contributed by atoms with E-state index in [-0.39, 0.29) is 13.2 Å². The largest absolute Gasteiger partial charge is 0.464 e. The molecular weight excluding hydrogens is 148 g/mol. The summed E-state index contributed by atoms with van der Waals surface area (Å²) in [6, 6.07) is 0. The predicted molar refractivity (Wildman–Crippen MR) is 39.1 cm³/mol. The fraction of sp³-hybridized carbons (Fsp3) is 0.857. The van der Waals surface area contributed by atoms with Crippen LogP contribution in [0.5, 0.6) is 0 Å². The third-order valence-corrected chi connectivity index (χ3v) is 1.04. The number of rotatable bonds is 5. The first-order valence-corrected chi connectivity index (χ1v) is 3.64. The Bertz CT molecular complexity index is 113. The Morgan fingerprint density at radius 1 is 1.45 bits per heavy atom. The van der Waals surface area contributed by atoms with Gasteiger partial charge in [0.25, 0.3) is 0 Å². The van der Waals surface area contributed by atoms with Crippen molar-refractivity contribution >= 4 is 5.97 Å². The lowest BCUT2D eigenvalue weighted by molar-refractivity contribution is -0.156. The quantitative estimate of drug-likeness (QED) is 0.576. The molecule has 0 bridgehead atoms. The maximum atomic E-state index is 10.7. The van der Waals surface area contributed by atoms with Crippen molar-refractivity contribution in [2.75, 3.05) is 19.8 Å². The molecule has 1 N–H and O–H groups in total. The minimum atomic E-state index is -1.14. The highest BCUT2D eigenvalue weighted by molar-refractivity contribution is 5.74. The van der Waals surface area contributed by atoms with Gasteiger partial charge in [-0.1, -0.05) is 0 Å². The van der Waals surface area contributed by atoms with Crippen molar-refractivity contribution in [3.05, 3.63) is 0 Å². The molecule has 0 amide bonds. The molecule has 66 valence electrons. The van der Waals surface area contributed by atoms with Crippen LogP contribution in [-0.4, -0.2) is 37.0 Å². The maximum absolute atomic E-state index is 10.7. The molecule has 1 atom stereocenters. The van der Waals surface area contributed by atoms with Gasteiger partial charge >= 0.3 is 5.97 Å². The van der Waals surface area contributed by atoms with Gasteiger partial charge in [-0.05, 0) is 13.8 Å². The molecule has 0 saturated carbocycles. The Labute approximate surface area is 66.1 Å². The van der Waals surface area contributed by atoms with Crippen LogP contribution in [0.15, 0.2) is 0 Å². The lowest BCUT2D eigenvalue weighted by atomic mass is 10.4. The Kier molecular flexibility index (Phi) is 5.78. The highest BCUT2D eigenvalue weighted by atomic mass is 16.6. The van der Waals surface area contributed by atoms with Crippen molar-refractivity contribution in [3.8, 4) is 0 Å². The molecule has 4 nitrogen and oxygen atoms in total. The second kappa shape index (κ2) is 6.12. The summed E-state index contributed by atoms with van der Waals surface area (Å²) >= 11 is 0. The zero-order chi connectivity index (χ0) is 8.69. The number of aliphatic hydroxyl groups is 1. The number of hydrogen-bond acceptors (Lipinski definition) is 4. The van der Waals surface area contributed by atoms with E-state index in [0.717, 1.165) is 0 Å². The minimum Gasteiger partial charge on any atom is -0.464 e. The molecule has 1 unspecified atom stereocenters. The molecular formula is C7H14O4. The van der Waals surface area contributed by atoms with Crippen molar-refractivity contribution in [1.82, 2.24) is 0 Å². The molecule has 0 radical (unpaired) electrons. The molecule has 0 fully saturated rings. The third-order valence-electron chi connectivity index (χ3n) is 1.04. The van der Waals surface area contributed by atoms with E-state index in [1.165, 1.54) is 0 Å². The Morgan fingerprint density at radius 3 is 2.55 bits per heavy atom. The highest BCUT2D eigenvalue weighted by Gasteiger charge is 2.15. The van der Waals surface area contributed by atoms with E-state index in [0.29, 0.717) is 6.61 Å². The SMILES string of the molecule is CCOCC(O)C(=O)OCC. The van der Waals surface area contributed by atoms with Crippen LogP contribution in [0.3, 0.4) is 0 Å². The van der Waals surface area contributed by atoms with Crippen LogP contribution in [-0.2, 0) is 14.3 Å². The summed E-state index contributed by atoms with van der Waals surface area (Å²) in [4.78, 5) is 10.7. The van der Waals surface area contributed by atoms with Crippen LogP contribution in [0.25, 0.3) is 0 Å². The molecule has 0 aromatic rings. The number of esters is 1. The number of carbonyl (C=O) groups is 1. The second-order valence-electron chi connectivity index (χ2n) is 1.93. The molecule has 4 heteroatoms. The van der Waals surface area contributed by atoms with Gasteiger partial charge < -0.3 is 14.6 Å². The van der Waals surface area contributed by atoms with Gasteiger partial charge in [-0.15, -0.1) is 0 Å². The van der Waals surface area contributed by atoms with Gasteiger partial charge in [0.2, 0.25) is 0 Å². The van der Waals surface area contributed by atoms with Crippen molar-refractivity contribution < 1.29 is 19.4 Å². The molecule has 0 saturated heterocycles. The van der Waals surface area contributed by atoms with Gasteiger partial charge in [0.05, 0.1) is 13.2 Å². The zero-order valence-corrected chi connectivity index (χ0v) is 6.87. The van der Waals surface area contributed by atoms with E-state index >= 15 is 0 Å². The van der Waals surface area contributed by atoms with E-state index in [1.807, 2.05) is 0 Å². The lowest BCUT2D eigenvalue weighted by Gasteiger charge is -2.08. The average Bonchev–Trinajstić information content (AvgIpc) is 2.00. The standard InChI is InChI=1S/C7H14O4/c1-3-10-5-6(8)7(9)11-4-2/h6,8H,3-5H2,1-2H3. The Morgan fingerprint density at radius 2 is 2.09 bits per heavy atom. The van der Waals surface area contributed by atoms with Gasteiger partial charge in [-0.3, -0.25) is 0 Å². The number of hydrogen-bond donors (Lipinski definition) is 1. The molecule has 0 aromatic heterocycles. The van der Waals surface area contributed by atoms with Gasteiger partial charge in [-0.25, -0.2) is 4.79 Å². The van der Waals surface area contributed by atoms with Crippen molar-refractivity contribution in [1.29, 1.82) is 0 Å². The fourth-order valence-corrected chi connectivity index (χ4v) is 0.536. The summed E-state index contributed by atoms with van der Waals surface area (Å²) < 4.78 is 9.34. The summed E-state index contributed by atoms with van der Waals surface area (Å²) in [5.74, 6) is -0.624. The maximum Gasteiger partial charge on any atom is 0.337 e. The monoisotopic (exact) mass is 162 g/mol.